The molecule has 0 fully saturated rings. The number of benzene rings is 10. The normalized spacial score (nSPS) is 11.6. The van der Waals surface area contributed by atoms with E-state index in [0.29, 0.717) is 23.3 Å². The van der Waals surface area contributed by atoms with E-state index in [1.54, 1.807) is 0 Å². The molecule has 3 heterocycles. The third kappa shape index (κ3) is 7.14. The van der Waals surface area contributed by atoms with Crippen LogP contribution in [0.25, 0.3) is 133 Å². The molecule has 67 heavy (non-hydrogen) atoms. The van der Waals surface area contributed by atoms with Gasteiger partial charge >= 0.3 is 0 Å². The topological polar surface area (TPSA) is 77.6 Å². The fraction of sp³-hybridized carbons (Fsp3) is 0. The maximum Gasteiger partial charge on any atom is 0.164 e. The molecule has 0 saturated heterocycles. The summed E-state index contributed by atoms with van der Waals surface area (Å²) < 4.78 is 6.49. The lowest BCUT2D eigenvalue weighted by atomic mass is 9.98. The monoisotopic (exact) mass is 855 g/mol. The van der Waals surface area contributed by atoms with E-state index in [4.69, 9.17) is 29.3 Å². The van der Waals surface area contributed by atoms with Crippen LogP contribution >= 0.6 is 0 Å². The fourth-order valence-corrected chi connectivity index (χ4v) is 9.20. The summed E-state index contributed by atoms with van der Waals surface area (Å²) in [5, 5.41) is 9.10. The Balaban J connectivity index is 0.901. The first kappa shape index (κ1) is 38.3. The van der Waals surface area contributed by atoms with Gasteiger partial charge < -0.3 is 4.42 Å². The highest BCUT2D eigenvalue weighted by Crippen LogP contribution is 2.37. The first-order valence-electron chi connectivity index (χ1n) is 22.4. The van der Waals surface area contributed by atoms with Gasteiger partial charge in [-0.3, -0.25) is 0 Å². The van der Waals surface area contributed by atoms with Gasteiger partial charge in [-0.05, 0) is 98.0 Å². The van der Waals surface area contributed by atoms with Gasteiger partial charge in [-0.1, -0.05) is 170 Å². The Morgan fingerprint density at radius 1 is 0.224 bits per heavy atom. The van der Waals surface area contributed by atoms with Crippen molar-refractivity contribution in [3.8, 4) is 79.2 Å². The molecule has 0 bridgehead atoms. The summed E-state index contributed by atoms with van der Waals surface area (Å²) in [5.74, 6) is 2.49. The van der Waals surface area contributed by atoms with Gasteiger partial charge in [0, 0.05) is 44.2 Å². The van der Waals surface area contributed by atoms with Crippen molar-refractivity contribution >= 4 is 54.3 Å². The third-order valence-corrected chi connectivity index (χ3v) is 12.7. The van der Waals surface area contributed by atoms with Crippen LogP contribution in [0.3, 0.4) is 0 Å². The highest BCUT2D eigenvalue weighted by Gasteiger charge is 2.17. The fourth-order valence-electron chi connectivity index (χ4n) is 9.20. The van der Waals surface area contributed by atoms with Crippen LogP contribution in [0.5, 0.6) is 0 Å². The van der Waals surface area contributed by atoms with E-state index in [9.17, 15) is 0 Å². The van der Waals surface area contributed by atoms with Crippen LogP contribution in [0, 0.1) is 0 Å². The molecule has 0 aliphatic carbocycles. The lowest BCUT2D eigenvalue weighted by Crippen LogP contribution is -2.00. The van der Waals surface area contributed by atoms with Crippen molar-refractivity contribution in [2.75, 3.05) is 0 Å². The minimum absolute atomic E-state index is 0.599. The number of hydrogen-bond acceptors (Lipinski definition) is 6. The molecule has 0 aliphatic heterocycles. The van der Waals surface area contributed by atoms with Crippen molar-refractivity contribution in [1.82, 2.24) is 24.9 Å². The Bertz CT molecular complexity index is 3970. The molecule has 0 atom stereocenters. The van der Waals surface area contributed by atoms with Crippen LogP contribution in [0.4, 0.5) is 0 Å². The molecule has 0 radical (unpaired) electrons. The second-order valence-electron chi connectivity index (χ2n) is 16.9. The molecule has 0 spiro atoms. The highest BCUT2D eigenvalue weighted by atomic mass is 16.3. The molecule has 0 N–H and O–H groups in total. The quantitative estimate of drug-likeness (QED) is 0.159. The Morgan fingerprint density at radius 3 is 1.25 bits per heavy atom. The summed E-state index contributed by atoms with van der Waals surface area (Å²) in [4.78, 5) is 25.7. The smallest absolute Gasteiger partial charge is 0.164 e. The molecule has 10 aromatic carbocycles. The van der Waals surface area contributed by atoms with Gasteiger partial charge in [0.15, 0.2) is 23.3 Å². The maximum atomic E-state index is 6.49. The lowest BCUT2D eigenvalue weighted by molar-refractivity contribution is 0.669. The summed E-state index contributed by atoms with van der Waals surface area (Å²) in [6.45, 7) is 0. The molecule has 6 heteroatoms. The van der Waals surface area contributed by atoms with E-state index in [1.165, 1.54) is 5.39 Å². The number of fused-ring (bicyclic) bond motifs is 6. The number of hydrogen-bond donors (Lipinski definition) is 0. The van der Waals surface area contributed by atoms with E-state index in [1.807, 2.05) is 18.2 Å². The largest absolute Gasteiger partial charge is 0.456 e. The molecule has 0 saturated carbocycles. The van der Waals surface area contributed by atoms with Crippen LogP contribution in [-0.2, 0) is 0 Å². The van der Waals surface area contributed by atoms with Gasteiger partial charge in [0.2, 0.25) is 0 Å². The van der Waals surface area contributed by atoms with Crippen LogP contribution < -0.4 is 0 Å². The molecular formula is C61H37N5O. The number of furan rings is 1. The van der Waals surface area contributed by atoms with Crippen LogP contribution in [-0.4, -0.2) is 24.9 Å². The van der Waals surface area contributed by atoms with Gasteiger partial charge in [-0.25, -0.2) is 24.9 Å². The van der Waals surface area contributed by atoms with Gasteiger partial charge in [0.1, 0.15) is 11.2 Å². The Morgan fingerprint density at radius 2 is 0.642 bits per heavy atom. The van der Waals surface area contributed by atoms with E-state index >= 15 is 0 Å². The average Bonchev–Trinajstić information content (AvgIpc) is 3.76. The molecule has 0 aliphatic rings. The zero-order valence-corrected chi connectivity index (χ0v) is 36.0. The standard InChI is InChI=1S/C61H37N5O/c1-2-14-40(15-3-1)58-62-54(37-55(63-58)48-28-29-52-53-34-45-18-8-9-19-46(45)35-57(53)67-56(52)36-48)47-22-10-20-43(30-47)44-21-11-23-49(33-44)59-64-60(50-26-24-38-12-4-6-16-41(38)31-50)66-61(65-59)51-27-25-39-13-5-7-17-42(39)32-51/h1-37H. The second-order valence-corrected chi connectivity index (χ2v) is 16.9. The first-order valence-corrected chi connectivity index (χ1v) is 22.4. The summed E-state index contributed by atoms with van der Waals surface area (Å²) >= 11 is 0. The van der Waals surface area contributed by atoms with Crippen molar-refractivity contribution < 1.29 is 4.42 Å². The summed E-state index contributed by atoms with van der Waals surface area (Å²) in [7, 11) is 0. The second kappa shape index (κ2) is 15.8. The summed E-state index contributed by atoms with van der Waals surface area (Å²) in [6.07, 6.45) is 0. The van der Waals surface area contributed by atoms with Crippen molar-refractivity contribution in [3.05, 3.63) is 224 Å². The molecular weight excluding hydrogens is 819 g/mol. The van der Waals surface area contributed by atoms with E-state index in [0.717, 1.165) is 105 Å². The van der Waals surface area contributed by atoms with Gasteiger partial charge in [0.25, 0.3) is 0 Å². The third-order valence-electron chi connectivity index (χ3n) is 12.7. The molecule has 13 rings (SSSR count). The van der Waals surface area contributed by atoms with Gasteiger partial charge in [0.05, 0.1) is 11.4 Å². The molecule has 0 amide bonds. The SMILES string of the molecule is c1ccc(-c2nc(-c3cccc(-c4cccc(-c5nc(-c6ccc7ccccc7c6)nc(-c6ccc7ccccc7c6)n5)c4)c3)cc(-c3ccc4c(c3)oc3cc5ccccc5cc34)n2)cc1. The predicted octanol–water partition coefficient (Wildman–Crippen LogP) is 15.7. The number of rotatable bonds is 7. The van der Waals surface area contributed by atoms with Gasteiger partial charge in [-0.15, -0.1) is 0 Å². The first-order chi connectivity index (χ1) is 33.1. The van der Waals surface area contributed by atoms with Crippen molar-refractivity contribution in [3.63, 3.8) is 0 Å². The van der Waals surface area contributed by atoms with Crippen molar-refractivity contribution in [2.24, 2.45) is 0 Å². The molecule has 13 aromatic rings. The van der Waals surface area contributed by atoms with Crippen LogP contribution in [0.15, 0.2) is 229 Å². The van der Waals surface area contributed by atoms with Crippen LogP contribution in [0.2, 0.25) is 0 Å². The zero-order valence-electron chi connectivity index (χ0n) is 36.0. The minimum Gasteiger partial charge on any atom is -0.456 e. The molecule has 312 valence electrons. The Kier molecular flexibility index (Phi) is 9.06. The van der Waals surface area contributed by atoms with Crippen molar-refractivity contribution in [2.45, 2.75) is 0 Å². The Hall–Kier alpha value is -9.13. The molecule has 6 nitrogen and oxygen atoms in total. The number of aromatic nitrogens is 5. The van der Waals surface area contributed by atoms with E-state index in [-0.39, 0.29) is 0 Å². The summed E-state index contributed by atoms with van der Waals surface area (Å²) in [6, 6.07) is 77.7. The van der Waals surface area contributed by atoms with E-state index in [2.05, 4.69) is 206 Å². The number of nitrogens with zero attached hydrogens (tertiary/aromatic N) is 5. The Labute approximate surface area is 385 Å². The zero-order chi connectivity index (χ0) is 44.3. The van der Waals surface area contributed by atoms with Gasteiger partial charge in [-0.2, -0.15) is 0 Å². The average molecular weight is 856 g/mol. The maximum absolute atomic E-state index is 6.49. The van der Waals surface area contributed by atoms with Crippen LogP contribution in [0.1, 0.15) is 0 Å². The summed E-state index contributed by atoms with van der Waals surface area (Å²) in [5.41, 5.74) is 11.0. The molecule has 0 unspecified atom stereocenters. The minimum atomic E-state index is 0.599. The molecule has 3 aromatic heterocycles. The van der Waals surface area contributed by atoms with E-state index < -0.39 is 0 Å². The highest BCUT2D eigenvalue weighted by molar-refractivity contribution is 6.10. The predicted molar refractivity (Wildman–Crippen MR) is 273 cm³/mol. The lowest BCUT2D eigenvalue weighted by Gasteiger charge is -2.12. The van der Waals surface area contributed by atoms with Crippen molar-refractivity contribution in [1.29, 1.82) is 0 Å².